The van der Waals surface area contributed by atoms with E-state index in [4.69, 9.17) is 0 Å². The molecule has 0 bridgehead atoms. The Morgan fingerprint density at radius 2 is 2.12 bits per heavy atom. The molecule has 3 aliphatic rings. The molecular weight excluding hydrogens is 324 g/mol. The monoisotopic (exact) mass is 356 g/mol. The standard InChI is InChI=1S/C21H32N4O/c1-16(2)4-3-10-24-12-18(17-5-6-17)19(13-24)23-20(26)21(7-8-21)14-25-11-9-22-15-25/h4,9,11,15,17-19H,3,5-8,10,12-14H2,1-2H3,(H,23,26)/t18-,19+/m0/s1. The number of hydrogen-bond acceptors (Lipinski definition) is 3. The number of nitrogens with one attached hydrogen (secondary N) is 1. The predicted molar refractivity (Wildman–Crippen MR) is 103 cm³/mol. The molecule has 142 valence electrons. The van der Waals surface area contributed by atoms with Crippen molar-refractivity contribution in [1.82, 2.24) is 19.8 Å². The fraction of sp³-hybridized carbons (Fsp3) is 0.714. The van der Waals surface area contributed by atoms with Gasteiger partial charge in [-0.25, -0.2) is 4.98 Å². The normalized spacial score (nSPS) is 27.3. The predicted octanol–water partition coefficient (Wildman–Crippen LogP) is 2.85. The quantitative estimate of drug-likeness (QED) is 0.729. The number of amides is 1. The van der Waals surface area contributed by atoms with E-state index in [2.05, 4.69) is 35.1 Å². The minimum atomic E-state index is -0.190. The van der Waals surface area contributed by atoms with Crippen LogP contribution in [0.2, 0.25) is 0 Å². The highest BCUT2D eigenvalue weighted by Crippen LogP contribution is 2.48. The molecule has 0 radical (unpaired) electrons. The fourth-order valence-electron chi connectivity index (χ4n) is 4.45. The van der Waals surface area contributed by atoms with Crippen LogP contribution in [-0.2, 0) is 11.3 Å². The van der Waals surface area contributed by atoms with Crippen LogP contribution in [0.25, 0.3) is 0 Å². The van der Waals surface area contributed by atoms with Gasteiger partial charge in [0.15, 0.2) is 0 Å². The number of carbonyl (C=O) groups excluding carboxylic acids is 1. The number of carbonyl (C=O) groups is 1. The first-order valence-corrected chi connectivity index (χ1v) is 10.2. The molecule has 0 spiro atoms. The third-order valence-corrected chi connectivity index (χ3v) is 6.36. The molecule has 26 heavy (non-hydrogen) atoms. The molecular formula is C21H32N4O. The van der Waals surface area contributed by atoms with Gasteiger partial charge in [-0.1, -0.05) is 11.6 Å². The first-order valence-electron chi connectivity index (χ1n) is 10.2. The summed E-state index contributed by atoms with van der Waals surface area (Å²) in [5.74, 6) is 1.75. The minimum Gasteiger partial charge on any atom is -0.351 e. The SMILES string of the molecule is CC(C)=CCCN1C[C@@H](NC(=O)C2(Cn3ccnc3)CC2)[C@H](C2CC2)C1. The van der Waals surface area contributed by atoms with Crippen LogP contribution in [0.4, 0.5) is 0 Å². The lowest BCUT2D eigenvalue weighted by Crippen LogP contribution is -2.45. The van der Waals surface area contributed by atoms with Crippen LogP contribution in [0.5, 0.6) is 0 Å². The Labute approximate surface area is 156 Å². The summed E-state index contributed by atoms with van der Waals surface area (Å²) in [5, 5.41) is 3.46. The second kappa shape index (κ2) is 7.18. The van der Waals surface area contributed by atoms with Gasteiger partial charge in [0.2, 0.25) is 5.91 Å². The van der Waals surface area contributed by atoms with E-state index >= 15 is 0 Å². The van der Waals surface area contributed by atoms with Crippen LogP contribution in [0.3, 0.4) is 0 Å². The first-order chi connectivity index (χ1) is 12.6. The summed E-state index contributed by atoms with van der Waals surface area (Å²) in [5.41, 5.74) is 1.20. The highest BCUT2D eigenvalue weighted by atomic mass is 16.2. The highest BCUT2D eigenvalue weighted by Gasteiger charge is 2.52. The molecule has 2 saturated carbocycles. The Morgan fingerprint density at radius 1 is 1.31 bits per heavy atom. The lowest BCUT2D eigenvalue weighted by Gasteiger charge is -2.23. The zero-order valence-corrected chi connectivity index (χ0v) is 16.2. The van der Waals surface area contributed by atoms with Gasteiger partial charge in [-0.2, -0.15) is 0 Å². The van der Waals surface area contributed by atoms with Gasteiger partial charge in [-0.05, 0) is 57.8 Å². The lowest BCUT2D eigenvalue weighted by atomic mass is 9.96. The van der Waals surface area contributed by atoms with Gasteiger partial charge in [-0.3, -0.25) is 4.79 Å². The second-order valence-corrected chi connectivity index (χ2v) is 8.93. The summed E-state index contributed by atoms with van der Waals surface area (Å²) >= 11 is 0. The highest BCUT2D eigenvalue weighted by molar-refractivity contribution is 5.85. The Hall–Kier alpha value is -1.62. The Kier molecular flexibility index (Phi) is 4.91. The Bertz CT molecular complexity index is 654. The van der Waals surface area contributed by atoms with E-state index in [1.54, 1.807) is 6.20 Å². The maximum atomic E-state index is 13.0. The lowest BCUT2D eigenvalue weighted by molar-refractivity contribution is -0.127. The van der Waals surface area contributed by atoms with Gasteiger partial charge in [-0.15, -0.1) is 0 Å². The van der Waals surface area contributed by atoms with Gasteiger partial charge in [0.1, 0.15) is 0 Å². The summed E-state index contributed by atoms with van der Waals surface area (Å²) < 4.78 is 2.05. The molecule has 4 rings (SSSR count). The van der Waals surface area contributed by atoms with Crippen molar-refractivity contribution in [2.75, 3.05) is 19.6 Å². The van der Waals surface area contributed by atoms with Gasteiger partial charge in [0.05, 0.1) is 11.7 Å². The second-order valence-electron chi connectivity index (χ2n) is 8.93. The smallest absolute Gasteiger partial charge is 0.228 e. The first kappa shape index (κ1) is 17.8. The van der Waals surface area contributed by atoms with Crippen molar-refractivity contribution in [3.8, 4) is 0 Å². The van der Waals surface area contributed by atoms with Gasteiger partial charge < -0.3 is 14.8 Å². The average molecular weight is 357 g/mol. The van der Waals surface area contributed by atoms with E-state index in [0.717, 1.165) is 51.4 Å². The van der Waals surface area contributed by atoms with Crippen molar-refractivity contribution in [2.45, 2.75) is 58.5 Å². The van der Waals surface area contributed by atoms with Crippen molar-refractivity contribution in [3.05, 3.63) is 30.4 Å². The molecule has 1 amide bonds. The molecule has 5 nitrogen and oxygen atoms in total. The number of imidazole rings is 1. The van der Waals surface area contributed by atoms with Crippen molar-refractivity contribution in [1.29, 1.82) is 0 Å². The number of aromatic nitrogens is 2. The molecule has 1 saturated heterocycles. The van der Waals surface area contributed by atoms with Crippen molar-refractivity contribution in [2.24, 2.45) is 17.3 Å². The number of likely N-dealkylation sites (tertiary alicyclic amines) is 1. The van der Waals surface area contributed by atoms with Crippen LogP contribution >= 0.6 is 0 Å². The molecule has 2 aliphatic carbocycles. The molecule has 5 heteroatoms. The number of rotatable bonds is 8. The zero-order valence-electron chi connectivity index (χ0n) is 16.2. The molecule has 2 atom stereocenters. The minimum absolute atomic E-state index is 0.190. The van der Waals surface area contributed by atoms with E-state index in [0.29, 0.717) is 12.0 Å². The molecule has 1 N–H and O–H groups in total. The van der Waals surface area contributed by atoms with E-state index in [1.807, 2.05) is 17.1 Å². The molecule has 0 unspecified atom stereocenters. The van der Waals surface area contributed by atoms with E-state index in [9.17, 15) is 4.79 Å². The van der Waals surface area contributed by atoms with Crippen LogP contribution in [0.1, 0.15) is 46.0 Å². The average Bonchev–Trinajstić information content (AvgIpc) is 3.49. The van der Waals surface area contributed by atoms with Gasteiger partial charge >= 0.3 is 0 Å². The summed E-state index contributed by atoms with van der Waals surface area (Å²) in [6.45, 7) is 8.38. The summed E-state index contributed by atoms with van der Waals surface area (Å²) in [6, 6.07) is 0.335. The largest absolute Gasteiger partial charge is 0.351 e. The maximum absolute atomic E-state index is 13.0. The van der Waals surface area contributed by atoms with Crippen LogP contribution < -0.4 is 5.32 Å². The van der Waals surface area contributed by atoms with Crippen molar-refractivity contribution in [3.63, 3.8) is 0 Å². The van der Waals surface area contributed by atoms with Gasteiger partial charge in [0, 0.05) is 44.6 Å². The zero-order chi connectivity index (χ0) is 18.1. The van der Waals surface area contributed by atoms with E-state index in [1.165, 1.54) is 18.4 Å². The molecule has 1 aliphatic heterocycles. The summed E-state index contributed by atoms with van der Waals surface area (Å²) in [7, 11) is 0. The van der Waals surface area contributed by atoms with Crippen LogP contribution in [-0.4, -0.2) is 46.0 Å². The molecule has 2 heterocycles. The topological polar surface area (TPSA) is 50.2 Å². The third kappa shape index (κ3) is 4.03. The third-order valence-electron chi connectivity index (χ3n) is 6.36. The Balaban J connectivity index is 1.35. The van der Waals surface area contributed by atoms with E-state index < -0.39 is 0 Å². The van der Waals surface area contributed by atoms with Crippen molar-refractivity contribution >= 4 is 5.91 Å². The number of nitrogens with zero attached hydrogens (tertiary/aromatic N) is 3. The molecule has 3 fully saturated rings. The molecule has 1 aromatic rings. The summed E-state index contributed by atoms with van der Waals surface area (Å²) in [6.07, 6.45) is 13.7. The molecule has 0 aromatic carbocycles. The molecule has 1 aromatic heterocycles. The maximum Gasteiger partial charge on any atom is 0.228 e. The van der Waals surface area contributed by atoms with Crippen molar-refractivity contribution < 1.29 is 4.79 Å². The number of hydrogen-bond donors (Lipinski definition) is 1. The summed E-state index contributed by atoms with van der Waals surface area (Å²) in [4.78, 5) is 19.7. The van der Waals surface area contributed by atoms with Gasteiger partial charge in [0.25, 0.3) is 0 Å². The van der Waals surface area contributed by atoms with Crippen LogP contribution in [0.15, 0.2) is 30.4 Å². The van der Waals surface area contributed by atoms with E-state index in [-0.39, 0.29) is 11.3 Å². The number of allylic oxidation sites excluding steroid dienone is 1. The fourth-order valence-corrected chi connectivity index (χ4v) is 4.45. The van der Waals surface area contributed by atoms with Crippen LogP contribution in [0, 0.1) is 17.3 Å². The Morgan fingerprint density at radius 3 is 2.73 bits per heavy atom.